The highest BCUT2D eigenvalue weighted by molar-refractivity contribution is 9.10. The van der Waals surface area contributed by atoms with Crippen LogP contribution in [-0.4, -0.2) is 39.0 Å². The number of thioether (sulfide) groups is 1. The molecular formula is C12H13BrN4O3S. The van der Waals surface area contributed by atoms with E-state index in [0.29, 0.717) is 18.2 Å². The van der Waals surface area contributed by atoms with Gasteiger partial charge in [0.25, 0.3) is 0 Å². The topological polar surface area (TPSA) is 110 Å². The predicted molar refractivity (Wildman–Crippen MR) is 83.4 cm³/mol. The maximum absolute atomic E-state index is 10.7. The van der Waals surface area contributed by atoms with E-state index in [-0.39, 0.29) is 5.75 Å². The second-order valence-corrected chi connectivity index (χ2v) is 6.01. The molecule has 1 heterocycles. The van der Waals surface area contributed by atoms with Crippen LogP contribution < -0.4 is 11.1 Å². The number of urea groups is 1. The predicted octanol–water partition coefficient (Wildman–Crippen LogP) is 1.64. The van der Waals surface area contributed by atoms with E-state index in [2.05, 4.69) is 26.2 Å². The molecule has 1 aromatic carbocycles. The summed E-state index contributed by atoms with van der Waals surface area (Å²) in [5.74, 6) is -0.983. The number of rotatable bonds is 6. The van der Waals surface area contributed by atoms with Gasteiger partial charge in [0, 0.05) is 17.6 Å². The number of carboxylic acid groups (broad SMARTS) is 1. The second-order valence-electron chi connectivity index (χ2n) is 4.15. The van der Waals surface area contributed by atoms with Gasteiger partial charge in [0.1, 0.15) is 0 Å². The molecular weight excluding hydrogens is 360 g/mol. The number of carboxylic acids is 1. The SMILES string of the molecule is NC(=O)NCCn1c(SCC(=O)O)nc2cc(Br)ccc21. The number of carbonyl (C=O) groups excluding carboxylic acids is 1. The number of aliphatic carboxylic acids is 1. The van der Waals surface area contributed by atoms with Crippen molar-refractivity contribution in [1.29, 1.82) is 0 Å². The molecule has 0 spiro atoms. The molecule has 112 valence electrons. The molecule has 2 amide bonds. The van der Waals surface area contributed by atoms with Gasteiger partial charge in [0.05, 0.1) is 16.8 Å². The molecule has 9 heteroatoms. The third-order valence-corrected chi connectivity index (χ3v) is 4.09. The van der Waals surface area contributed by atoms with Crippen LogP contribution in [0.4, 0.5) is 4.79 Å². The van der Waals surface area contributed by atoms with E-state index in [1.54, 1.807) is 0 Å². The van der Waals surface area contributed by atoms with Crippen molar-refractivity contribution >= 4 is 50.7 Å². The number of nitrogens with one attached hydrogen (secondary N) is 1. The number of hydrogen-bond acceptors (Lipinski definition) is 4. The molecule has 0 aliphatic heterocycles. The number of halogens is 1. The quantitative estimate of drug-likeness (QED) is 0.667. The van der Waals surface area contributed by atoms with E-state index in [1.165, 1.54) is 0 Å². The average Bonchev–Trinajstić information content (AvgIpc) is 2.73. The number of carbonyl (C=O) groups is 2. The Morgan fingerprint density at radius 3 is 2.90 bits per heavy atom. The summed E-state index contributed by atoms with van der Waals surface area (Å²) in [6.07, 6.45) is 0. The summed E-state index contributed by atoms with van der Waals surface area (Å²) in [5.41, 5.74) is 6.67. The van der Waals surface area contributed by atoms with Crippen molar-refractivity contribution in [3.63, 3.8) is 0 Å². The lowest BCUT2D eigenvalue weighted by molar-refractivity contribution is -0.133. The van der Waals surface area contributed by atoms with E-state index in [9.17, 15) is 9.59 Å². The van der Waals surface area contributed by atoms with E-state index in [1.807, 2.05) is 22.8 Å². The van der Waals surface area contributed by atoms with Gasteiger partial charge in [-0.1, -0.05) is 27.7 Å². The van der Waals surface area contributed by atoms with Crippen molar-refractivity contribution in [1.82, 2.24) is 14.9 Å². The van der Waals surface area contributed by atoms with Crippen LogP contribution in [-0.2, 0) is 11.3 Å². The van der Waals surface area contributed by atoms with Crippen LogP contribution in [0, 0.1) is 0 Å². The van der Waals surface area contributed by atoms with Gasteiger partial charge in [0.15, 0.2) is 5.16 Å². The number of benzene rings is 1. The molecule has 21 heavy (non-hydrogen) atoms. The lowest BCUT2D eigenvalue weighted by Crippen LogP contribution is -2.32. The number of nitrogens with zero attached hydrogens (tertiary/aromatic N) is 2. The summed E-state index contributed by atoms with van der Waals surface area (Å²) in [6, 6.07) is 5.04. The monoisotopic (exact) mass is 372 g/mol. The lowest BCUT2D eigenvalue weighted by atomic mass is 10.3. The van der Waals surface area contributed by atoms with Gasteiger partial charge in [-0.25, -0.2) is 9.78 Å². The Kier molecular flexibility index (Phi) is 5.07. The molecule has 0 aliphatic rings. The highest BCUT2D eigenvalue weighted by Crippen LogP contribution is 2.26. The zero-order chi connectivity index (χ0) is 15.4. The fraction of sp³-hybridized carbons (Fsp3) is 0.250. The number of hydrogen-bond donors (Lipinski definition) is 3. The number of aromatic nitrogens is 2. The standard InChI is InChI=1S/C12H13BrN4O3S/c13-7-1-2-9-8(5-7)16-12(21-6-10(18)19)17(9)4-3-15-11(14)20/h1-2,5H,3-4,6H2,(H,18,19)(H3,14,15,20). The van der Waals surface area contributed by atoms with Crippen molar-refractivity contribution in [2.45, 2.75) is 11.7 Å². The Labute approximate surface area is 133 Å². The van der Waals surface area contributed by atoms with Crippen LogP contribution in [0.1, 0.15) is 0 Å². The molecule has 0 unspecified atom stereocenters. The Morgan fingerprint density at radius 1 is 1.48 bits per heavy atom. The average molecular weight is 373 g/mol. The van der Waals surface area contributed by atoms with E-state index < -0.39 is 12.0 Å². The first kappa shape index (κ1) is 15.6. The van der Waals surface area contributed by atoms with E-state index in [0.717, 1.165) is 27.3 Å². The Morgan fingerprint density at radius 2 is 2.24 bits per heavy atom. The zero-order valence-corrected chi connectivity index (χ0v) is 13.3. The number of amides is 2. The van der Waals surface area contributed by atoms with E-state index >= 15 is 0 Å². The van der Waals surface area contributed by atoms with E-state index in [4.69, 9.17) is 10.8 Å². The molecule has 2 aromatic rings. The first-order valence-electron chi connectivity index (χ1n) is 6.01. The van der Waals surface area contributed by atoms with Gasteiger partial charge in [-0.15, -0.1) is 0 Å². The molecule has 0 atom stereocenters. The minimum atomic E-state index is -0.907. The van der Waals surface area contributed by atoms with Crippen LogP contribution in [0.3, 0.4) is 0 Å². The smallest absolute Gasteiger partial charge is 0.313 e. The minimum absolute atomic E-state index is 0.0757. The van der Waals surface area contributed by atoms with Crippen molar-refractivity contribution in [2.75, 3.05) is 12.3 Å². The van der Waals surface area contributed by atoms with Gasteiger partial charge in [-0.2, -0.15) is 0 Å². The molecule has 0 bridgehead atoms. The number of primary amides is 1. The molecule has 1 aromatic heterocycles. The summed E-state index contributed by atoms with van der Waals surface area (Å²) < 4.78 is 2.76. The fourth-order valence-electron chi connectivity index (χ4n) is 1.82. The highest BCUT2D eigenvalue weighted by atomic mass is 79.9. The molecule has 0 radical (unpaired) electrons. The molecule has 0 saturated heterocycles. The van der Waals surface area contributed by atoms with Crippen molar-refractivity contribution < 1.29 is 14.7 Å². The van der Waals surface area contributed by atoms with Crippen molar-refractivity contribution in [3.8, 4) is 0 Å². The van der Waals surface area contributed by atoms with Crippen LogP contribution in [0.25, 0.3) is 11.0 Å². The number of imidazole rings is 1. The first-order chi connectivity index (χ1) is 9.97. The van der Waals surface area contributed by atoms with Gasteiger partial charge in [-0.3, -0.25) is 4.79 Å². The van der Waals surface area contributed by atoms with Crippen molar-refractivity contribution in [2.24, 2.45) is 5.73 Å². The Balaban J connectivity index is 2.29. The second kappa shape index (κ2) is 6.81. The third kappa shape index (κ3) is 4.11. The van der Waals surface area contributed by atoms with Crippen molar-refractivity contribution in [3.05, 3.63) is 22.7 Å². The maximum atomic E-state index is 10.7. The summed E-state index contributed by atoms with van der Waals surface area (Å²) in [5, 5.41) is 11.9. The van der Waals surface area contributed by atoms with Crippen LogP contribution >= 0.6 is 27.7 Å². The fourth-order valence-corrected chi connectivity index (χ4v) is 2.93. The summed E-state index contributed by atoms with van der Waals surface area (Å²) in [6.45, 7) is 0.806. The van der Waals surface area contributed by atoms with Gasteiger partial charge in [0.2, 0.25) is 0 Å². The first-order valence-corrected chi connectivity index (χ1v) is 7.79. The number of fused-ring (bicyclic) bond motifs is 1. The van der Waals surface area contributed by atoms with Gasteiger partial charge >= 0.3 is 12.0 Å². The molecule has 2 rings (SSSR count). The Hall–Kier alpha value is -1.74. The van der Waals surface area contributed by atoms with Gasteiger partial charge in [-0.05, 0) is 18.2 Å². The molecule has 0 fully saturated rings. The van der Waals surface area contributed by atoms with Crippen LogP contribution in [0.5, 0.6) is 0 Å². The highest BCUT2D eigenvalue weighted by Gasteiger charge is 2.13. The molecule has 7 nitrogen and oxygen atoms in total. The molecule has 0 saturated carbocycles. The molecule has 4 N–H and O–H groups in total. The summed E-state index contributed by atoms with van der Waals surface area (Å²) >= 11 is 4.52. The minimum Gasteiger partial charge on any atom is -0.481 e. The normalized spacial score (nSPS) is 10.7. The van der Waals surface area contributed by atoms with Crippen LogP contribution in [0.2, 0.25) is 0 Å². The molecule has 0 aliphatic carbocycles. The summed E-state index contributed by atoms with van der Waals surface area (Å²) in [4.78, 5) is 25.9. The lowest BCUT2D eigenvalue weighted by Gasteiger charge is -2.08. The maximum Gasteiger partial charge on any atom is 0.313 e. The number of nitrogens with two attached hydrogens (primary N) is 1. The third-order valence-electron chi connectivity index (χ3n) is 2.63. The van der Waals surface area contributed by atoms with Gasteiger partial charge < -0.3 is 20.7 Å². The largest absolute Gasteiger partial charge is 0.481 e. The summed E-state index contributed by atoms with van der Waals surface area (Å²) in [7, 11) is 0. The Bertz CT molecular complexity index is 688. The zero-order valence-electron chi connectivity index (χ0n) is 10.9. The van der Waals surface area contributed by atoms with Crippen LogP contribution in [0.15, 0.2) is 27.8 Å².